The van der Waals surface area contributed by atoms with Crippen LogP contribution in [0.25, 0.3) is 0 Å². The van der Waals surface area contributed by atoms with Gasteiger partial charge in [-0.15, -0.1) is 0 Å². The van der Waals surface area contributed by atoms with E-state index >= 15 is 0 Å². The Kier molecular flexibility index (Phi) is 4.43. The number of aryl methyl sites for hydroxylation is 1. The van der Waals surface area contributed by atoms with Crippen LogP contribution in [0, 0.1) is 0 Å². The van der Waals surface area contributed by atoms with Crippen LogP contribution in [0.4, 0.5) is 5.69 Å². The van der Waals surface area contributed by atoms with Crippen LogP contribution in [0.15, 0.2) is 38.6 Å². The Bertz CT molecular complexity index is 720. The van der Waals surface area contributed by atoms with Crippen LogP contribution in [0.2, 0.25) is 0 Å². The molecule has 0 unspecified atom stereocenters. The summed E-state index contributed by atoms with van der Waals surface area (Å²) in [6.45, 7) is 0. The number of carbonyl (C=O) groups is 2. The van der Waals surface area contributed by atoms with Gasteiger partial charge in [0, 0.05) is 11.3 Å². The summed E-state index contributed by atoms with van der Waals surface area (Å²) in [5, 5.41) is 5.31. The molecule has 0 aliphatic carbocycles. The molecule has 2 amide bonds. The molecule has 21 heavy (non-hydrogen) atoms. The summed E-state index contributed by atoms with van der Waals surface area (Å²) in [5.74, 6) is -0.767. The van der Waals surface area contributed by atoms with Gasteiger partial charge in [0.25, 0.3) is 0 Å². The Hall–Kier alpha value is -2.55. The number of anilines is 1. The Labute approximate surface area is 123 Å². The van der Waals surface area contributed by atoms with Crippen LogP contribution in [0.5, 0.6) is 0 Å². The fourth-order valence-electron chi connectivity index (χ4n) is 1.54. The lowest BCUT2D eigenvalue weighted by atomic mass is 10.2. The third-order valence-electron chi connectivity index (χ3n) is 2.55. The monoisotopic (exact) mass is 309 g/mol. The van der Waals surface area contributed by atoms with E-state index in [0.717, 1.165) is 11.8 Å². The number of carbonyl (C=O) groups excluding carboxylic acids is 2. The number of benzene rings is 1. The minimum absolute atomic E-state index is 0.0496. The number of nitrogens with zero attached hydrogens (tertiary/aromatic N) is 1. The van der Waals surface area contributed by atoms with Gasteiger partial charge in [0.1, 0.15) is 0 Å². The predicted molar refractivity (Wildman–Crippen MR) is 74.8 cm³/mol. The van der Waals surface area contributed by atoms with Crippen molar-refractivity contribution in [3.05, 3.63) is 40.2 Å². The second kappa shape index (κ2) is 6.27. The first-order valence-electron chi connectivity index (χ1n) is 5.87. The van der Waals surface area contributed by atoms with Gasteiger partial charge in [-0.3, -0.25) is 14.1 Å². The number of hydrogen-bond donors (Lipinski definition) is 3. The van der Waals surface area contributed by atoms with E-state index in [2.05, 4.69) is 15.1 Å². The van der Waals surface area contributed by atoms with Crippen molar-refractivity contribution < 1.29 is 18.8 Å². The molecular weight excluding hydrogens is 296 g/mol. The van der Waals surface area contributed by atoms with Gasteiger partial charge in [0.15, 0.2) is 7.05 Å². The van der Waals surface area contributed by atoms with Crippen molar-refractivity contribution >= 4 is 29.3 Å². The van der Waals surface area contributed by atoms with Gasteiger partial charge >= 0.3 is 10.7 Å². The molecule has 2 aromatic rings. The maximum atomic E-state index is 11.8. The largest absolute Gasteiger partial charge is 0.441 e. The highest BCUT2D eigenvalue weighted by molar-refractivity contribution is 7.99. The normalized spacial score (nSPS) is 10.3. The lowest BCUT2D eigenvalue weighted by Gasteiger charge is -2.04. The molecule has 0 saturated heterocycles. The summed E-state index contributed by atoms with van der Waals surface area (Å²) in [5.41, 5.74) is 5.49. The molecule has 0 aliphatic rings. The Morgan fingerprint density at radius 2 is 2.05 bits per heavy atom. The first-order chi connectivity index (χ1) is 9.97. The predicted octanol–water partition coefficient (Wildman–Crippen LogP) is -0.378. The van der Waals surface area contributed by atoms with Crippen molar-refractivity contribution in [3.8, 4) is 0 Å². The van der Waals surface area contributed by atoms with Gasteiger partial charge < -0.3 is 11.1 Å². The average Bonchev–Trinajstić information content (AvgIpc) is 2.76. The molecule has 8 nitrogen and oxygen atoms in total. The third-order valence-corrected chi connectivity index (χ3v) is 3.67. The van der Waals surface area contributed by atoms with Crippen molar-refractivity contribution in [1.82, 2.24) is 5.27 Å². The standard InChI is InChI=1S/C12H12N4O4S/c1-16-11(12(19)20-15-16)21-6-9(17)14-8-4-2-7(3-5-8)10(13)18/h2-5H,6H2,1H3,(H3-,13,14,15,17,18,19)/p+1. The smallest absolute Gasteiger partial charge is 0.366 e. The Balaban J connectivity index is 1.93. The highest BCUT2D eigenvalue weighted by Gasteiger charge is 2.19. The van der Waals surface area contributed by atoms with Crippen molar-refractivity contribution in [1.29, 1.82) is 0 Å². The fourth-order valence-corrected chi connectivity index (χ4v) is 2.27. The second-order valence-electron chi connectivity index (χ2n) is 4.12. The van der Waals surface area contributed by atoms with E-state index in [1.165, 1.54) is 16.8 Å². The number of thioether (sulfide) groups is 1. The van der Waals surface area contributed by atoms with Gasteiger partial charge in [-0.2, -0.15) is 0 Å². The minimum Gasteiger partial charge on any atom is -0.366 e. The van der Waals surface area contributed by atoms with E-state index < -0.39 is 11.5 Å². The van der Waals surface area contributed by atoms with Gasteiger partial charge in [0.05, 0.1) is 5.75 Å². The van der Waals surface area contributed by atoms with E-state index in [4.69, 9.17) is 5.73 Å². The van der Waals surface area contributed by atoms with Crippen LogP contribution < -0.4 is 21.4 Å². The summed E-state index contributed by atoms with van der Waals surface area (Å²) in [4.78, 5) is 34.0. The number of nitrogens with two attached hydrogens (primary N) is 1. The third kappa shape index (κ3) is 3.72. The molecule has 4 N–H and O–H groups in total. The van der Waals surface area contributed by atoms with Crippen LogP contribution in [-0.4, -0.2) is 22.8 Å². The summed E-state index contributed by atoms with van der Waals surface area (Å²) >= 11 is 1.06. The van der Waals surface area contributed by atoms with Crippen LogP contribution >= 0.6 is 11.8 Å². The lowest BCUT2D eigenvalue weighted by molar-refractivity contribution is -0.772. The molecule has 9 heteroatoms. The Morgan fingerprint density at radius 3 is 2.57 bits per heavy atom. The highest BCUT2D eigenvalue weighted by Crippen LogP contribution is 2.12. The van der Waals surface area contributed by atoms with Gasteiger partial charge in [-0.25, -0.2) is 4.79 Å². The van der Waals surface area contributed by atoms with Crippen molar-refractivity contribution in [3.63, 3.8) is 0 Å². The zero-order valence-electron chi connectivity index (χ0n) is 11.1. The van der Waals surface area contributed by atoms with E-state index in [0.29, 0.717) is 16.3 Å². The maximum absolute atomic E-state index is 11.8. The number of primary amides is 1. The lowest BCUT2D eigenvalue weighted by Crippen LogP contribution is -2.34. The van der Waals surface area contributed by atoms with Crippen LogP contribution in [0.3, 0.4) is 0 Å². The number of hydrogen-bond acceptors (Lipinski definition) is 5. The van der Waals surface area contributed by atoms with Gasteiger partial charge in [-0.05, 0) is 41.3 Å². The first kappa shape index (κ1) is 14.9. The van der Waals surface area contributed by atoms with Gasteiger partial charge in [0.2, 0.25) is 11.8 Å². The summed E-state index contributed by atoms with van der Waals surface area (Å²) < 4.78 is 5.96. The molecule has 0 atom stereocenters. The molecule has 0 radical (unpaired) electrons. The zero-order valence-corrected chi connectivity index (χ0v) is 11.9. The quantitative estimate of drug-likeness (QED) is 0.513. The van der Waals surface area contributed by atoms with E-state index in [-0.39, 0.29) is 11.7 Å². The van der Waals surface area contributed by atoms with E-state index in [9.17, 15) is 14.4 Å². The highest BCUT2D eigenvalue weighted by atomic mass is 32.2. The molecule has 1 aromatic heterocycles. The van der Waals surface area contributed by atoms with Crippen LogP contribution in [-0.2, 0) is 11.8 Å². The minimum atomic E-state index is -0.532. The molecule has 0 bridgehead atoms. The van der Waals surface area contributed by atoms with Crippen LogP contribution in [0.1, 0.15) is 10.4 Å². The Morgan fingerprint density at radius 1 is 1.38 bits per heavy atom. The molecule has 0 fully saturated rings. The van der Waals surface area contributed by atoms with E-state index in [1.807, 2.05) is 0 Å². The number of amides is 2. The topological polar surface area (TPSA) is 122 Å². The molecule has 0 aliphatic heterocycles. The molecular formula is C12H13N4O4S+. The molecule has 110 valence electrons. The average molecular weight is 309 g/mol. The number of aromatic nitrogens is 2. The number of aromatic amines is 1. The molecule has 1 heterocycles. The summed E-state index contributed by atoms with van der Waals surface area (Å²) in [7, 11) is 1.60. The van der Waals surface area contributed by atoms with Gasteiger partial charge in [-0.1, -0.05) is 4.68 Å². The second-order valence-corrected chi connectivity index (χ2v) is 5.09. The molecule has 1 aromatic carbocycles. The summed E-state index contributed by atoms with van der Waals surface area (Å²) in [6.07, 6.45) is 0. The number of H-pyrrole nitrogens is 1. The van der Waals surface area contributed by atoms with Crippen molar-refractivity contribution in [2.24, 2.45) is 12.8 Å². The zero-order chi connectivity index (χ0) is 15.4. The summed E-state index contributed by atoms with van der Waals surface area (Å²) in [6, 6.07) is 6.19. The van der Waals surface area contributed by atoms with Crippen molar-refractivity contribution in [2.45, 2.75) is 5.03 Å². The van der Waals surface area contributed by atoms with E-state index in [1.54, 1.807) is 19.2 Å². The number of nitrogens with one attached hydrogen (secondary N) is 2. The SMILES string of the molecule is C[n+]1[nH]oc(=O)c1SCC(=O)Nc1ccc(C(N)=O)cc1. The molecule has 2 rings (SSSR count). The maximum Gasteiger partial charge on any atom is 0.441 e. The van der Waals surface area contributed by atoms with Crippen molar-refractivity contribution in [2.75, 3.05) is 11.1 Å². The molecule has 0 spiro atoms. The fraction of sp³-hybridized carbons (Fsp3) is 0.167. The number of rotatable bonds is 5. The first-order valence-corrected chi connectivity index (χ1v) is 6.86. The molecule has 0 saturated carbocycles.